The molecule has 1 aromatic carbocycles. The van der Waals surface area contributed by atoms with Gasteiger partial charge in [0.2, 0.25) is 0 Å². The molecule has 156 valence electrons. The molecule has 0 amide bonds. The van der Waals surface area contributed by atoms with E-state index in [1.165, 1.54) is 17.5 Å². The minimum Gasteiger partial charge on any atom is -0.493 e. The number of hydrogen-bond donors (Lipinski definition) is 1. The van der Waals surface area contributed by atoms with Gasteiger partial charge in [0, 0.05) is 19.1 Å². The molecule has 1 saturated heterocycles. The topological polar surface area (TPSA) is 51.2 Å². The molecule has 3 aliphatic rings. The maximum Gasteiger partial charge on any atom is 0.162 e. The lowest BCUT2D eigenvalue weighted by Crippen LogP contribution is -2.53. The lowest BCUT2D eigenvalue weighted by molar-refractivity contribution is -0.149. The highest BCUT2D eigenvalue weighted by atomic mass is 16.5. The molecular weight excluding hydrogens is 354 g/mol. The van der Waals surface area contributed by atoms with Crippen LogP contribution in [0.1, 0.15) is 70.5 Å². The van der Waals surface area contributed by atoms with Gasteiger partial charge in [-0.3, -0.25) is 4.90 Å². The largest absolute Gasteiger partial charge is 0.493 e. The Morgan fingerprint density at radius 1 is 1.18 bits per heavy atom. The first-order valence-corrected chi connectivity index (χ1v) is 10.7. The van der Waals surface area contributed by atoms with Crippen molar-refractivity contribution in [2.75, 3.05) is 20.2 Å². The average molecular weight is 390 g/mol. The van der Waals surface area contributed by atoms with Gasteiger partial charge in [-0.2, -0.15) is 0 Å². The summed E-state index contributed by atoms with van der Waals surface area (Å²) in [6.07, 6.45) is 4.52. The standard InChI is InChI=1S/C23H35NO4/c1-22(2,3)27-21-14-24-10-7-15-11-20(28-23(4)8-6-9-23)19(26-5)12-16(15)17(24)13-18(21)25/h11-12,17-18,21,25H,6-10,13-14H2,1-5H3/t17-,18-,21-/m1/s1. The van der Waals surface area contributed by atoms with E-state index in [0.29, 0.717) is 6.42 Å². The zero-order valence-corrected chi connectivity index (χ0v) is 18.0. The van der Waals surface area contributed by atoms with E-state index >= 15 is 0 Å². The Hall–Kier alpha value is -1.30. The summed E-state index contributed by atoms with van der Waals surface area (Å²) >= 11 is 0. The first-order chi connectivity index (χ1) is 13.2. The highest BCUT2D eigenvalue weighted by Crippen LogP contribution is 2.45. The number of nitrogens with zero attached hydrogens (tertiary/aromatic N) is 1. The normalized spacial score (nSPS) is 29.4. The summed E-state index contributed by atoms with van der Waals surface area (Å²) in [7, 11) is 1.71. The van der Waals surface area contributed by atoms with Crippen LogP contribution in [0.4, 0.5) is 0 Å². The van der Waals surface area contributed by atoms with Crippen LogP contribution >= 0.6 is 0 Å². The highest BCUT2D eigenvalue weighted by molar-refractivity contribution is 5.50. The van der Waals surface area contributed by atoms with Crippen molar-refractivity contribution in [3.05, 3.63) is 23.3 Å². The van der Waals surface area contributed by atoms with Gasteiger partial charge in [0.1, 0.15) is 5.60 Å². The number of hydrogen-bond acceptors (Lipinski definition) is 5. The Balaban J connectivity index is 1.57. The van der Waals surface area contributed by atoms with Crippen LogP contribution in [0.5, 0.6) is 11.5 Å². The van der Waals surface area contributed by atoms with Crippen molar-refractivity contribution < 1.29 is 19.3 Å². The lowest BCUT2D eigenvalue weighted by Gasteiger charge is -2.47. The zero-order valence-electron chi connectivity index (χ0n) is 18.0. The number of aliphatic hydroxyl groups is 1. The smallest absolute Gasteiger partial charge is 0.162 e. The number of ether oxygens (including phenoxy) is 3. The molecule has 0 aromatic heterocycles. The maximum absolute atomic E-state index is 10.8. The number of benzene rings is 1. The number of fused-ring (bicyclic) bond motifs is 3. The lowest BCUT2D eigenvalue weighted by atomic mass is 9.81. The first-order valence-electron chi connectivity index (χ1n) is 10.7. The van der Waals surface area contributed by atoms with Crippen molar-refractivity contribution in [3.63, 3.8) is 0 Å². The molecule has 2 fully saturated rings. The quantitative estimate of drug-likeness (QED) is 0.847. The Morgan fingerprint density at radius 2 is 1.93 bits per heavy atom. The summed E-state index contributed by atoms with van der Waals surface area (Å²) in [4.78, 5) is 2.46. The molecule has 1 aromatic rings. The van der Waals surface area contributed by atoms with E-state index in [2.05, 4.69) is 24.0 Å². The molecule has 1 N–H and O–H groups in total. The number of rotatable bonds is 4. The summed E-state index contributed by atoms with van der Waals surface area (Å²) < 4.78 is 18.2. The van der Waals surface area contributed by atoms with E-state index < -0.39 is 6.10 Å². The van der Waals surface area contributed by atoms with Crippen LogP contribution in [-0.4, -0.2) is 53.6 Å². The summed E-state index contributed by atoms with van der Waals surface area (Å²) in [6, 6.07) is 4.53. The SMILES string of the molecule is COc1cc2c(cc1OC1(C)CCC1)CCN1C[C@@H](OC(C)(C)C)[C@H](O)C[C@H]21. The average Bonchev–Trinajstić information content (AvgIpc) is 2.59. The second-order valence-corrected chi connectivity index (χ2v) is 9.94. The summed E-state index contributed by atoms with van der Waals surface area (Å²) in [5.41, 5.74) is 2.28. The fourth-order valence-electron chi connectivity index (χ4n) is 4.84. The van der Waals surface area contributed by atoms with E-state index in [4.69, 9.17) is 14.2 Å². The third-order valence-electron chi connectivity index (χ3n) is 6.47. The molecule has 4 rings (SSSR count). The second kappa shape index (κ2) is 7.19. The van der Waals surface area contributed by atoms with Gasteiger partial charge in [-0.05, 0) is 83.1 Å². The monoisotopic (exact) mass is 389 g/mol. The highest BCUT2D eigenvalue weighted by Gasteiger charge is 2.41. The van der Waals surface area contributed by atoms with Crippen LogP contribution in [0, 0.1) is 0 Å². The van der Waals surface area contributed by atoms with Gasteiger partial charge in [-0.1, -0.05) is 0 Å². The van der Waals surface area contributed by atoms with Crippen molar-refractivity contribution in [2.24, 2.45) is 0 Å². The van der Waals surface area contributed by atoms with Crippen LogP contribution < -0.4 is 9.47 Å². The molecule has 0 radical (unpaired) electrons. The van der Waals surface area contributed by atoms with Gasteiger partial charge in [0.25, 0.3) is 0 Å². The number of methoxy groups -OCH3 is 1. The predicted octanol–water partition coefficient (Wildman–Crippen LogP) is 3.86. The summed E-state index contributed by atoms with van der Waals surface area (Å²) in [6.45, 7) is 10.1. The molecule has 0 spiro atoms. The van der Waals surface area contributed by atoms with Crippen molar-refractivity contribution in [1.29, 1.82) is 0 Å². The molecule has 0 unspecified atom stereocenters. The summed E-state index contributed by atoms with van der Waals surface area (Å²) in [5, 5.41) is 10.8. The molecule has 3 atom stereocenters. The first kappa shape index (κ1) is 20.0. The second-order valence-electron chi connectivity index (χ2n) is 9.94. The molecule has 2 aliphatic heterocycles. The van der Waals surface area contributed by atoms with Crippen molar-refractivity contribution in [3.8, 4) is 11.5 Å². The Kier molecular flexibility index (Phi) is 5.13. The van der Waals surface area contributed by atoms with Crippen LogP contribution in [0.25, 0.3) is 0 Å². The third kappa shape index (κ3) is 3.89. The molecule has 5 heteroatoms. The molecule has 1 saturated carbocycles. The minimum absolute atomic E-state index is 0.0548. The predicted molar refractivity (Wildman–Crippen MR) is 109 cm³/mol. The van der Waals surface area contributed by atoms with Gasteiger partial charge in [-0.15, -0.1) is 0 Å². The minimum atomic E-state index is -0.456. The van der Waals surface area contributed by atoms with Crippen molar-refractivity contribution in [1.82, 2.24) is 4.90 Å². The molecule has 1 aliphatic carbocycles. The molecule has 2 heterocycles. The van der Waals surface area contributed by atoms with Crippen molar-refractivity contribution in [2.45, 2.75) is 89.3 Å². The Morgan fingerprint density at radius 3 is 2.54 bits per heavy atom. The van der Waals surface area contributed by atoms with Crippen LogP contribution in [0.2, 0.25) is 0 Å². The zero-order chi connectivity index (χ0) is 20.1. The van der Waals surface area contributed by atoms with Gasteiger partial charge in [0.15, 0.2) is 11.5 Å². The van der Waals surface area contributed by atoms with E-state index in [-0.39, 0.29) is 23.3 Å². The van der Waals surface area contributed by atoms with E-state index in [9.17, 15) is 5.11 Å². The molecule has 5 nitrogen and oxygen atoms in total. The van der Waals surface area contributed by atoms with E-state index in [1.807, 2.05) is 20.8 Å². The molecular formula is C23H35NO4. The van der Waals surface area contributed by atoms with Gasteiger partial charge in [0.05, 0.1) is 24.9 Å². The molecule has 0 bridgehead atoms. The number of aliphatic hydroxyl groups excluding tert-OH is 1. The van der Waals surface area contributed by atoms with Gasteiger partial charge in [-0.25, -0.2) is 0 Å². The van der Waals surface area contributed by atoms with Crippen LogP contribution in [0.3, 0.4) is 0 Å². The summed E-state index contributed by atoms with van der Waals surface area (Å²) in [5.74, 6) is 1.67. The van der Waals surface area contributed by atoms with Crippen molar-refractivity contribution >= 4 is 0 Å². The maximum atomic E-state index is 10.8. The van der Waals surface area contributed by atoms with E-state index in [1.54, 1.807) is 7.11 Å². The van der Waals surface area contributed by atoms with Crippen LogP contribution in [0.15, 0.2) is 12.1 Å². The Labute approximate surface area is 169 Å². The molecule has 28 heavy (non-hydrogen) atoms. The van der Waals surface area contributed by atoms with Gasteiger partial charge < -0.3 is 19.3 Å². The fraction of sp³-hybridized carbons (Fsp3) is 0.739. The Bertz CT molecular complexity index is 722. The third-order valence-corrected chi connectivity index (χ3v) is 6.47. The number of piperidine rings is 1. The van der Waals surface area contributed by atoms with Gasteiger partial charge >= 0.3 is 0 Å². The van der Waals surface area contributed by atoms with E-state index in [0.717, 1.165) is 43.9 Å². The fourth-order valence-corrected chi connectivity index (χ4v) is 4.84. The van der Waals surface area contributed by atoms with Crippen LogP contribution in [-0.2, 0) is 11.2 Å².